The number of carbonyl (C=O) groups is 1. The fourth-order valence-corrected chi connectivity index (χ4v) is 3.51. The first-order chi connectivity index (χ1) is 13.0. The summed E-state index contributed by atoms with van der Waals surface area (Å²) in [6.45, 7) is 5.40. The fraction of sp³-hybridized carbons (Fsp3) is 0.333. The number of carbonyl (C=O) groups excluding carboxylic acids is 1. The molecule has 1 amide bonds. The highest BCUT2D eigenvalue weighted by Crippen LogP contribution is 2.34. The van der Waals surface area contributed by atoms with Gasteiger partial charge in [-0.3, -0.25) is 4.79 Å². The number of primary amides is 1. The van der Waals surface area contributed by atoms with Crippen LogP contribution in [0.4, 0.5) is 5.82 Å². The van der Waals surface area contributed by atoms with Crippen molar-refractivity contribution >= 4 is 28.6 Å². The fourth-order valence-electron chi connectivity index (χ4n) is 3.51. The van der Waals surface area contributed by atoms with E-state index in [0.29, 0.717) is 11.3 Å². The number of amides is 1. The molecule has 4 N–H and O–H groups in total. The molecule has 0 unspecified atom stereocenters. The zero-order chi connectivity index (χ0) is 19.4. The highest BCUT2D eigenvalue weighted by atomic mass is 16.5. The summed E-state index contributed by atoms with van der Waals surface area (Å²) in [7, 11) is 1.53. The lowest BCUT2D eigenvalue weighted by molar-refractivity contribution is 0.0997. The summed E-state index contributed by atoms with van der Waals surface area (Å²) >= 11 is 0. The molecule has 1 aliphatic rings. The van der Waals surface area contributed by atoms with Gasteiger partial charge in [0.1, 0.15) is 11.6 Å². The van der Waals surface area contributed by atoms with Crippen molar-refractivity contribution in [2.45, 2.75) is 25.3 Å². The number of fused-ring (bicyclic) bond motifs is 1. The topological polar surface area (TPSA) is 94.5 Å². The van der Waals surface area contributed by atoms with Crippen LogP contribution in [0.5, 0.6) is 5.75 Å². The number of hydrogen-bond acceptors (Lipinski definition) is 5. The monoisotopic (exact) mass is 366 g/mol. The Morgan fingerprint density at radius 3 is 2.93 bits per heavy atom. The molecule has 142 valence electrons. The lowest BCUT2D eigenvalue weighted by Crippen LogP contribution is -2.43. The van der Waals surface area contributed by atoms with E-state index in [2.05, 4.69) is 11.5 Å². The average Bonchev–Trinajstić information content (AvgIpc) is 2.67. The summed E-state index contributed by atoms with van der Waals surface area (Å²) in [6.07, 6.45) is 10.5. The van der Waals surface area contributed by atoms with Crippen LogP contribution in [0.25, 0.3) is 16.8 Å². The summed E-state index contributed by atoms with van der Waals surface area (Å²) in [5, 5.41) is 1.83. The molecule has 2 heterocycles. The van der Waals surface area contributed by atoms with Crippen LogP contribution in [0.1, 0.15) is 35.2 Å². The molecular weight excluding hydrogens is 340 g/mol. The highest BCUT2D eigenvalue weighted by molar-refractivity contribution is 6.05. The van der Waals surface area contributed by atoms with Crippen LogP contribution in [0.2, 0.25) is 0 Å². The number of allylic oxidation sites excluding steroid dienone is 2. The van der Waals surface area contributed by atoms with Crippen molar-refractivity contribution in [3.63, 3.8) is 0 Å². The molecule has 1 saturated heterocycles. The maximum absolute atomic E-state index is 11.9. The minimum Gasteiger partial charge on any atom is -0.496 e. The number of aromatic nitrogens is 1. The number of benzene rings is 1. The number of nitrogens with two attached hydrogens (primary N) is 2. The Morgan fingerprint density at radius 2 is 2.26 bits per heavy atom. The standard InChI is InChI=1S/C21H26N4O2/c1-3-4-5-7-14-12-24-21(25-9-6-8-15(22)13-25)17-11-19(27-2)18(20(23)26)10-16(14)17/h3,5,7,10-12,15H,1,4,6,8-9,13,22H2,2H3,(H2,23,26)/b7-5+/t15-/m0/s1. The van der Waals surface area contributed by atoms with Crippen LogP contribution in [0, 0.1) is 0 Å². The van der Waals surface area contributed by atoms with E-state index in [0.717, 1.165) is 54.5 Å². The molecule has 1 aromatic carbocycles. The first-order valence-electron chi connectivity index (χ1n) is 9.13. The van der Waals surface area contributed by atoms with Crippen molar-refractivity contribution in [2.75, 3.05) is 25.1 Å². The van der Waals surface area contributed by atoms with Crippen molar-refractivity contribution in [3.8, 4) is 5.75 Å². The summed E-state index contributed by atoms with van der Waals surface area (Å²) in [6, 6.07) is 3.77. The van der Waals surface area contributed by atoms with E-state index in [1.807, 2.05) is 30.5 Å². The number of methoxy groups -OCH3 is 1. The van der Waals surface area contributed by atoms with Gasteiger partial charge in [0.15, 0.2) is 0 Å². The number of rotatable bonds is 6. The normalized spacial score (nSPS) is 17.4. The summed E-state index contributed by atoms with van der Waals surface area (Å²) < 4.78 is 5.41. The molecule has 3 rings (SSSR count). The van der Waals surface area contributed by atoms with Crippen molar-refractivity contribution in [1.82, 2.24) is 4.98 Å². The van der Waals surface area contributed by atoms with Crippen LogP contribution >= 0.6 is 0 Å². The molecular formula is C21H26N4O2. The van der Waals surface area contributed by atoms with Gasteiger partial charge in [-0.05, 0) is 36.8 Å². The molecule has 6 heteroatoms. The molecule has 0 aliphatic carbocycles. The lowest BCUT2D eigenvalue weighted by Gasteiger charge is -2.32. The number of anilines is 1. The van der Waals surface area contributed by atoms with Crippen LogP contribution in [0.3, 0.4) is 0 Å². The number of hydrogen-bond donors (Lipinski definition) is 2. The van der Waals surface area contributed by atoms with Gasteiger partial charge in [0, 0.05) is 36.3 Å². The third-order valence-electron chi connectivity index (χ3n) is 4.84. The Balaban J connectivity index is 2.20. The van der Waals surface area contributed by atoms with E-state index in [-0.39, 0.29) is 6.04 Å². The second-order valence-corrected chi connectivity index (χ2v) is 6.77. The molecule has 6 nitrogen and oxygen atoms in total. The van der Waals surface area contributed by atoms with Gasteiger partial charge < -0.3 is 21.1 Å². The minimum absolute atomic E-state index is 0.134. The van der Waals surface area contributed by atoms with Gasteiger partial charge in [-0.15, -0.1) is 6.58 Å². The van der Waals surface area contributed by atoms with E-state index in [1.54, 1.807) is 6.07 Å². The van der Waals surface area contributed by atoms with Gasteiger partial charge in [0.05, 0.1) is 12.7 Å². The Hall–Kier alpha value is -2.86. The Bertz CT molecular complexity index is 891. The molecule has 0 bridgehead atoms. The summed E-state index contributed by atoms with van der Waals surface area (Å²) in [4.78, 5) is 18.8. The van der Waals surface area contributed by atoms with E-state index >= 15 is 0 Å². The Kier molecular flexibility index (Phi) is 5.76. The van der Waals surface area contributed by atoms with Gasteiger partial charge in [0.2, 0.25) is 0 Å². The maximum Gasteiger partial charge on any atom is 0.252 e. The van der Waals surface area contributed by atoms with Crippen molar-refractivity contribution in [2.24, 2.45) is 11.5 Å². The summed E-state index contributed by atoms with van der Waals surface area (Å²) in [5.74, 6) is 0.787. The molecule has 0 radical (unpaired) electrons. The third kappa shape index (κ3) is 3.95. The largest absolute Gasteiger partial charge is 0.496 e. The molecule has 1 atom stereocenters. The minimum atomic E-state index is -0.520. The first-order valence-corrected chi connectivity index (χ1v) is 9.13. The molecule has 1 fully saturated rings. The lowest BCUT2D eigenvalue weighted by atomic mass is 10.00. The van der Waals surface area contributed by atoms with Crippen molar-refractivity contribution in [3.05, 3.63) is 48.2 Å². The van der Waals surface area contributed by atoms with Crippen LogP contribution in [0.15, 0.2) is 37.1 Å². The molecule has 0 spiro atoms. The molecule has 1 aromatic heterocycles. The third-order valence-corrected chi connectivity index (χ3v) is 4.84. The molecule has 0 saturated carbocycles. The van der Waals surface area contributed by atoms with Crippen LogP contribution in [-0.2, 0) is 0 Å². The van der Waals surface area contributed by atoms with Gasteiger partial charge in [0.25, 0.3) is 5.91 Å². The first kappa shape index (κ1) is 18.9. The highest BCUT2D eigenvalue weighted by Gasteiger charge is 2.22. The second kappa shape index (κ2) is 8.22. The average molecular weight is 366 g/mol. The zero-order valence-corrected chi connectivity index (χ0v) is 15.6. The Labute approximate surface area is 159 Å². The van der Waals surface area contributed by atoms with Crippen LogP contribution < -0.4 is 21.1 Å². The molecule has 27 heavy (non-hydrogen) atoms. The van der Waals surface area contributed by atoms with Crippen LogP contribution in [-0.4, -0.2) is 37.1 Å². The smallest absolute Gasteiger partial charge is 0.252 e. The van der Waals surface area contributed by atoms with E-state index in [4.69, 9.17) is 21.2 Å². The second-order valence-electron chi connectivity index (χ2n) is 6.77. The number of piperidine rings is 1. The van der Waals surface area contributed by atoms with Gasteiger partial charge in [-0.1, -0.05) is 18.2 Å². The van der Waals surface area contributed by atoms with Crippen molar-refractivity contribution in [1.29, 1.82) is 0 Å². The number of pyridine rings is 1. The number of nitrogens with zero attached hydrogens (tertiary/aromatic N) is 2. The SMILES string of the molecule is C=CC/C=C/c1cnc(N2CCC[C@H](N)C2)c2cc(OC)c(C(N)=O)cc12. The van der Waals surface area contributed by atoms with E-state index in [1.165, 1.54) is 7.11 Å². The van der Waals surface area contributed by atoms with Gasteiger partial charge >= 0.3 is 0 Å². The summed E-state index contributed by atoms with van der Waals surface area (Å²) in [5.41, 5.74) is 13.0. The molecule has 2 aromatic rings. The number of ether oxygens (including phenoxy) is 1. The van der Waals surface area contributed by atoms with E-state index in [9.17, 15) is 4.79 Å². The van der Waals surface area contributed by atoms with E-state index < -0.39 is 5.91 Å². The quantitative estimate of drug-likeness (QED) is 0.767. The van der Waals surface area contributed by atoms with Gasteiger partial charge in [-0.25, -0.2) is 4.98 Å². The Morgan fingerprint density at radius 1 is 1.44 bits per heavy atom. The molecule has 1 aliphatic heterocycles. The van der Waals surface area contributed by atoms with Gasteiger partial charge in [-0.2, -0.15) is 0 Å². The predicted octanol–water partition coefficient (Wildman–Crippen LogP) is 2.86. The van der Waals surface area contributed by atoms with Crippen molar-refractivity contribution < 1.29 is 9.53 Å². The predicted molar refractivity (Wildman–Crippen MR) is 110 cm³/mol. The maximum atomic E-state index is 11.9. The zero-order valence-electron chi connectivity index (χ0n) is 15.6.